The average molecular weight is 260 g/mol. The van der Waals surface area contributed by atoms with Gasteiger partial charge >= 0.3 is 0 Å². The number of anilines is 1. The second kappa shape index (κ2) is 6.42. The molecule has 2 rings (SSSR count). The molecule has 0 aliphatic heterocycles. The Morgan fingerprint density at radius 3 is 2.63 bits per heavy atom. The molecule has 2 nitrogen and oxygen atoms in total. The predicted octanol–water partition coefficient (Wildman–Crippen LogP) is 3.58. The lowest BCUT2D eigenvalue weighted by molar-refractivity contribution is 0.245. The molecular formula is C17H28N2. The summed E-state index contributed by atoms with van der Waals surface area (Å²) in [6.07, 6.45) is 3.90. The molecule has 3 atom stereocenters. The Hall–Kier alpha value is -1.02. The van der Waals surface area contributed by atoms with Crippen LogP contribution in [0.25, 0.3) is 0 Å². The molecule has 2 N–H and O–H groups in total. The molecule has 106 valence electrons. The van der Waals surface area contributed by atoms with Crippen LogP contribution in [-0.2, 0) is 0 Å². The Labute approximate surface area is 118 Å². The molecule has 1 saturated carbocycles. The predicted molar refractivity (Wildman–Crippen MR) is 83.5 cm³/mol. The van der Waals surface area contributed by atoms with Gasteiger partial charge in [-0.05, 0) is 56.7 Å². The van der Waals surface area contributed by atoms with Gasteiger partial charge in [0.05, 0.1) is 0 Å². The van der Waals surface area contributed by atoms with Crippen molar-refractivity contribution in [3.63, 3.8) is 0 Å². The van der Waals surface area contributed by atoms with Crippen molar-refractivity contribution in [3.8, 4) is 0 Å². The molecule has 2 heteroatoms. The normalized spacial score (nSPS) is 27.3. The molecule has 0 bridgehead atoms. The summed E-state index contributed by atoms with van der Waals surface area (Å²) in [5.74, 6) is 1.47. The van der Waals surface area contributed by atoms with E-state index in [0.717, 1.165) is 19.0 Å². The van der Waals surface area contributed by atoms with E-state index in [1.807, 2.05) is 0 Å². The van der Waals surface area contributed by atoms with Crippen LogP contribution in [0.3, 0.4) is 0 Å². The Kier molecular flexibility index (Phi) is 4.87. The molecular weight excluding hydrogens is 232 g/mol. The summed E-state index contributed by atoms with van der Waals surface area (Å²) < 4.78 is 0. The van der Waals surface area contributed by atoms with Crippen molar-refractivity contribution in [1.82, 2.24) is 0 Å². The van der Waals surface area contributed by atoms with Crippen LogP contribution in [0, 0.1) is 18.8 Å². The van der Waals surface area contributed by atoms with Gasteiger partial charge in [0.15, 0.2) is 0 Å². The number of aryl methyl sites for hydroxylation is 1. The summed E-state index contributed by atoms with van der Waals surface area (Å²) in [6, 6.07) is 9.35. The highest BCUT2D eigenvalue weighted by Crippen LogP contribution is 2.35. The van der Waals surface area contributed by atoms with Gasteiger partial charge in [-0.25, -0.2) is 0 Å². The van der Waals surface area contributed by atoms with Gasteiger partial charge in [0, 0.05) is 18.3 Å². The van der Waals surface area contributed by atoms with E-state index in [1.165, 1.54) is 30.5 Å². The van der Waals surface area contributed by atoms with Crippen LogP contribution < -0.4 is 10.6 Å². The zero-order chi connectivity index (χ0) is 13.8. The minimum absolute atomic E-state index is 0.611. The lowest BCUT2D eigenvalue weighted by atomic mass is 9.78. The van der Waals surface area contributed by atoms with Crippen molar-refractivity contribution in [2.75, 3.05) is 18.0 Å². The van der Waals surface area contributed by atoms with Crippen molar-refractivity contribution in [1.29, 1.82) is 0 Å². The molecule has 1 aliphatic rings. The highest BCUT2D eigenvalue weighted by Gasteiger charge is 2.32. The summed E-state index contributed by atoms with van der Waals surface area (Å²) >= 11 is 0. The minimum Gasteiger partial charge on any atom is -0.368 e. The second-order valence-corrected chi connectivity index (χ2v) is 6.05. The fourth-order valence-electron chi connectivity index (χ4n) is 3.54. The zero-order valence-electron chi connectivity index (χ0n) is 12.6. The number of benzene rings is 1. The molecule has 1 fully saturated rings. The molecule has 0 heterocycles. The molecule has 1 aromatic rings. The fourth-order valence-corrected chi connectivity index (χ4v) is 3.54. The van der Waals surface area contributed by atoms with E-state index in [9.17, 15) is 0 Å². The second-order valence-electron chi connectivity index (χ2n) is 6.05. The number of nitrogens with two attached hydrogens (primary N) is 1. The van der Waals surface area contributed by atoms with E-state index in [-0.39, 0.29) is 0 Å². The standard InChI is InChI=1S/C17H28N2/c1-4-19(16-8-6-5-7-14(16)3)17-11-13(2)9-10-15(17)12-18/h5-8,13,15,17H,4,9-12,18H2,1-3H3. The molecule has 0 aromatic heterocycles. The molecule has 0 spiro atoms. The number of nitrogens with zero attached hydrogens (tertiary/aromatic N) is 1. The summed E-state index contributed by atoms with van der Waals surface area (Å²) in [5.41, 5.74) is 8.79. The summed E-state index contributed by atoms with van der Waals surface area (Å²) in [5, 5.41) is 0. The maximum atomic E-state index is 6.02. The summed E-state index contributed by atoms with van der Waals surface area (Å²) in [6.45, 7) is 8.74. The van der Waals surface area contributed by atoms with E-state index in [1.54, 1.807) is 0 Å². The van der Waals surface area contributed by atoms with Crippen LogP contribution >= 0.6 is 0 Å². The molecule has 0 amide bonds. The van der Waals surface area contributed by atoms with Crippen LogP contribution in [0.2, 0.25) is 0 Å². The first kappa shape index (κ1) is 14.4. The largest absolute Gasteiger partial charge is 0.368 e. The lowest BCUT2D eigenvalue weighted by Crippen LogP contribution is -2.47. The van der Waals surface area contributed by atoms with Crippen LogP contribution in [0.15, 0.2) is 24.3 Å². The molecule has 0 saturated heterocycles. The number of para-hydroxylation sites is 1. The van der Waals surface area contributed by atoms with Gasteiger partial charge in [0.1, 0.15) is 0 Å². The fraction of sp³-hybridized carbons (Fsp3) is 0.647. The van der Waals surface area contributed by atoms with Gasteiger partial charge in [0.25, 0.3) is 0 Å². The third kappa shape index (κ3) is 3.11. The van der Waals surface area contributed by atoms with E-state index in [2.05, 4.69) is 49.9 Å². The van der Waals surface area contributed by atoms with Crippen LogP contribution in [0.4, 0.5) is 5.69 Å². The molecule has 1 aromatic carbocycles. The Morgan fingerprint density at radius 2 is 2.00 bits per heavy atom. The number of hydrogen-bond donors (Lipinski definition) is 1. The van der Waals surface area contributed by atoms with Gasteiger partial charge in [-0.1, -0.05) is 31.5 Å². The zero-order valence-corrected chi connectivity index (χ0v) is 12.6. The highest BCUT2D eigenvalue weighted by atomic mass is 15.2. The van der Waals surface area contributed by atoms with Gasteiger partial charge in [0.2, 0.25) is 0 Å². The van der Waals surface area contributed by atoms with Crippen molar-refractivity contribution >= 4 is 5.69 Å². The highest BCUT2D eigenvalue weighted by molar-refractivity contribution is 5.54. The van der Waals surface area contributed by atoms with Crippen LogP contribution in [-0.4, -0.2) is 19.1 Å². The maximum Gasteiger partial charge on any atom is 0.0398 e. The smallest absolute Gasteiger partial charge is 0.0398 e. The van der Waals surface area contributed by atoms with Crippen molar-refractivity contribution in [2.45, 2.75) is 46.1 Å². The van der Waals surface area contributed by atoms with E-state index >= 15 is 0 Å². The average Bonchev–Trinajstić information content (AvgIpc) is 2.42. The van der Waals surface area contributed by atoms with Crippen LogP contribution in [0.1, 0.15) is 38.7 Å². The first-order valence-electron chi connectivity index (χ1n) is 7.69. The topological polar surface area (TPSA) is 29.3 Å². The molecule has 19 heavy (non-hydrogen) atoms. The van der Waals surface area contributed by atoms with E-state index < -0.39 is 0 Å². The van der Waals surface area contributed by atoms with Crippen molar-refractivity contribution in [2.24, 2.45) is 17.6 Å². The lowest BCUT2D eigenvalue weighted by Gasteiger charge is -2.43. The van der Waals surface area contributed by atoms with E-state index in [4.69, 9.17) is 5.73 Å². The van der Waals surface area contributed by atoms with E-state index in [0.29, 0.717) is 12.0 Å². The minimum atomic E-state index is 0.611. The van der Waals surface area contributed by atoms with Crippen molar-refractivity contribution < 1.29 is 0 Å². The van der Waals surface area contributed by atoms with Gasteiger partial charge in [-0.15, -0.1) is 0 Å². The first-order chi connectivity index (χ1) is 9.17. The molecule has 0 radical (unpaired) electrons. The van der Waals surface area contributed by atoms with Gasteiger partial charge < -0.3 is 10.6 Å². The van der Waals surface area contributed by atoms with Crippen molar-refractivity contribution in [3.05, 3.63) is 29.8 Å². The quantitative estimate of drug-likeness (QED) is 0.896. The maximum absolute atomic E-state index is 6.02. The Morgan fingerprint density at radius 1 is 1.26 bits per heavy atom. The number of hydrogen-bond acceptors (Lipinski definition) is 2. The van der Waals surface area contributed by atoms with Crippen LogP contribution in [0.5, 0.6) is 0 Å². The molecule has 3 unspecified atom stereocenters. The third-order valence-corrected chi connectivity index (χ3v) is 4.69. The summed E-state index contributed by atoms with van der Waals surface area (Å²) in [4.78, 5) is 2.59. The third-order valence-electron chi connectivity index (χ3n) is 4.69. The number of rotatable bonds is 4. The first-order valence-corrected chi connectivity index (χ1v) is 7.69. The Bertz CT molecular complexity index is 402. The van der Waals surface area contributed by atoms with Gasteiger partial charge in [-0.3, -0.25) is 0 Å². The SMILES string of the molecule is CCN(c1ccccc1C)C1CC(C)CCC1CN. The summed E-state index contributed by atoms with van der Waals surface area (Å²) in [7, 11) is 0. The Balaban J connectivity index is 2.26. The monoisotopic (exact) mass is 260 g/mol. The molecule has 1 aliphatic carbocycles. The van der Waals surface area contributed by atoms with Gasteiger partial charge in [-0.2, -0.15) is 0 Å².